The maximum Gasteiger partial charge on any atom is 0.305 e. The second-order valence-electron chi connectivity index (χ2n) is 28.4. The summed E-state index contributed by atoms with van der Waals surface area (Å²) in [6.45, 7) is 59.5. The Kier molecular flexibility index (Phi) is 23.3. The van der Waals surface area contributed by atoms with Gasteiger partial charge in [-0.2, -0.15) is 0 Å². The second-order valence-corrected chi connectivity index (χ2v) is 42.7. The molecular formula is C61H112O10Si3. The third-order valence-electron chi connectivity index (χ3n) is 19.5. The minimum atomic E-state index is -2.30. The lowest BCUT2D eigenvalue weighted by atomic mass is 9.79. The van der Waals surface area contributed by atoms with Crippen molar-refractivity contribution in [3.05, 3.63) is 49.1 Å². The van der Waals surface area contributed by atoms with E-state index >= 15 is 0 Å². The first-order chi connectivity index (χ1) is 33.9. The summed E-state index contributed by atoms with van der Waals surface area (Å²) in [5, 5.41) is 11.8. The quantitative estimate of drug-likeness (QED) is 0.0570. The molecule has 17 atom stereocenters. The number of carbonyl (C=O) groups excluding carboxylic acids is 1. The van der Waals surface area contributed by atoms with Crippen LogP contribution in [0.1, 0.15) is 161 Å². The minimum absolute atomic E-state index is 0.00114. The molecule has 0 amide bonds. The van der Waals surface area contributed by atoms with Gasteiger partial charge in [0.2, 0.25) is 0 Å². The van der Waals surface area contributed by atoms with Crippen molar-refractivity contribution in [2.45, 2.75) is 283 Å². The zero-order chi connectivity index (χ0) is 56.1. The molecule has 0 aromatic carbocycles. The number of aliphatic hydroxyl groups is 1. The van der Waals surface area contributed by atoms with E-state index in [-0.39, 0.29) is 99.7 Å². The predicted octanol–water partition coefficient (Wildman–Crippen LogP) is 14.9. The van der Waals surface area contributed by atoms with Crippen LogP contribution in [0.5, 0.6) is 0 Å². The van der Waals surface area contributed by atoms with Crippen molar-refractivity contribution in [2.75, 3.05) is 13.7 Å². The number of ether oxygens (including phenoxy) is 5. The van der Waals surface area contributed by atoms with E-state index < -0.39 is 37.2 Å². The summed E-state index contributed by atoms with van der Waals surface area (Å²) in [4.78, 5) is 12.8. The number of esters is 1. The van der Waals surface area contributed by atoms with Gasteiger partial charge in [-0.15, -0.1) is 6.58 Å². The van der Waals surface area contributed by atoms with E-state index in [1.807, 2.05) is 12.2 Å². The number of carbonyl (C=O) groups is 1. The molecule has 0 aromatic rings. The summed E-state index contributed by atoms with van der Waals surface area (Å²) >= 11 is 0. The predicted molar refractivity (Wildman–Crippen MR) is 313 cm³/mol. The van der Waals surface area contributed by atoms with E-state index in [4.69, 9.17) is 37.0 Å². The van der Waals surface area contributed by atoms with Gasteiger partial charge in [-0.3, -0.25) is 4.79 Å². The van der Waals surface area contributed by atoms with Crippen molar-refractivity contribution >= 4 is 30.9 Å². The molecule has 10 nitrogen and oxygen atoms in total. The molecule has 74 heavy (non-hydrogen) atoms. The van der Waals surface area contributed by atoms with Gasteiger partial charge in [0.05, 0.1) is 74.6 Å². The molecule has 0 bridgehead atoms. The van der Waals surface area contributed by atoms with Crippen LogP contribution in [0.15, 0.2) is 49.1 Å². The Hall–Kier alpha value is -1.24. The summed E-state index contributed by atoms with van der Waals surface area (Å²) < 4.78 is 54.0. The van der Waals surface area contributed by atoms with Gasteiger partial charge < -0.3 is 42.1 Å². The van der Waals surface area contributed by atoms with Crippen LogP contribution < -0.4 is 0 Å². The lowest BCUT2D eigenvalue weighted by Crippen LogP contribution is -2.60. The van der Waals surface area contributed by atoms with E-state index in [0.717, 1.165) is 56.1 Å². The number of rotatable bonds is 24. The van der Waals surface area contributed by atoms with Gasteiger partial charge in [-0.1, -0.05) is 128 Å². The molecule has 4 fully saturated rings. The monoisotopic (exact) mass is 1090 g/mol. The van der Waals surface area contributed by atoms with Crippen LogP contribution >= 0.6 is 0 Å². The van der Waals surface area contributed by atoms with Crippen LogP contribution in [0.3, 0.4) is 0 Å². The lowest BCUT2D eigenvalue weighted by Gasteiger charge is -2.52. The molecule has 428 valence electrons. The fourth-order valence-corrected chi connectivity index (χ4v) is 14.5. The zero-order valence-electron chi connectivity index (χ0n) is 51.1. The van der Waals surface area contributed by atoms with Crippen LogP contribution in [-0.4, -0.2) is 117 Å². The molecule has 4 saturated heterocycles. The highest BCUT2D eigenvalue weighted by molar-refractivity contribution is 6.75. The molecule has 13 heteroatoms. The van der Waals surface area contributed by atoms with E-state index in [9.17, 15) is 9.90 Å². The van der Waals surface area contributed by atoms with E-state index in [2.05, 4.69) is 162 Å². The lowest BCUT2D eigenvalue weighted by molar-refractivity contribution is -0.184. The Bertz CT molecular complexity index is 1860. The van der Waals surface area contributed by atoms with Crippen LogP contribution in [0, 0.1) is 35.5 Å². The van der Waals surface area contributed by atoms with Gasteiger partial charge in [0.25, 0.3) is 0 Å². The van der Waals surface area contributed by atoms with Gasteiger partial charge in [-0.25, -0.2) is 0 Å². The Morgan fingerprint density at radius 1 is 0.757 bits per heavy atom. The molecule has 4 heterocycles. The van der Waals surface area contributed by atoms with E-state index in [1.165, 1.54) is 7.11 Å². The third-order valence-corrected chi connectivity index (χ3v) is 32.9. The highest BCUT2D eigenvalue weighted by Gasteiger charge is 2.52. The fraction of sp³-hybridized carbons (Fsp3) is 0.852. The maximum atomic E-state index is 12.8. The molecule has 0 saturated carbocycles. The van der Waals surface area contributed by atoms with Gasteiger partial charge >= 0.3 is 5.97 Å². The van der Waals surface area contributed by atoms with Crippen molar-refractivity contribution in [3.63, 3.8) is 0 Å². The van der Waals surface area contributed by atoms with E-state index in [1.54, 1.807) is 0 Å². The van der Waals surface area contributed by atoms with E-state index in [0.29, 0.717) is 37.7 Å². The van der Waals surface area contributed by atoms with Crippen molar-refractivity contribution < 1.29 is 46.9 Å². The normalized spacial score (nSPS) is 33.3. The highest BCUT2D eigenvalue weighted by Crippen LogP contribution is 2.47. The molecule has 0 spiro atoms. The Balaban J connectivity index is 1.40. The van der Waals surface area contributed by atoms with Crippen molar-refractivity contribution in [1.82, 2.24) is 0 Å². The van der Waals surface area contributed by atoms with Crippen LogP contribution in [0.2, 0.25) is 54.4 Å². The highest BCUT2D eigenvalue weighted by atomic mass is 28.4. The Morgan fingerprint density at radius 3 is 1.95 bits per heavy atom. The largest absolute Gasteiger partial charge is 0.469 e. The first-order valence-corrected chi connectivity index (χ1v) is 37.7. The van der Waals surface area contributed by atoms with Crippen molar-refractivity contribution in [1.29, 1.82) is 0 Å². The van der Waals surface area contributed by atoms with Gasteiger partial charge in [-0.05, 0) is 146 Å². The van der Waals surface area contributed by atoms with Gasteiger partial charge in [0.15, 0.2) is 25.0 Å². The standard InChI is InChI=1S/C61H112O10Si3/c1-25-26-51-43(6)44(7)57(71-74(23,24)61(15,16)17)58(69-51)52(70-73(21,22)60(12,13)14)31-28-46(62)27-29-47-35-41(4)50(66-47)32-30-48-34-40(3)42(5)54(67-48)37-55-49(36-56(63)64-18)45(8)53(68-55)33-39(2)38-65-72(19,20)59(9,10)11/h25,28,31,39-40,43-55,57-58,62H,1,4-5,26-27,29-30,32-38H2,2-3,6-24H3/b31-28+/t39-,40+,43+,44-,45+,46?,47-,48-,49+,50?,51-,52-,53+,54?,55-,57-,58-/m0/s1. The van der Waals surface area contributed by atoms with Crippen LogP contribution in [-0.2, 0) is 41.8 Å². The summed E-state index contributed by atoms with van der Waals surface area (Å²) in [5.41, 5.74) is 2.22. The topological polar surface area (TPSA) is 111 Å². The molecule has 3 unspecified atom stereocenters. The first kappa shape index (κ1) is 65.3. The minimum Gasteiger partial charge on any atom is -0.469 e. The third kappa shape index (κ3) is 17.1. The van der Waals surface area contributed by atoms with Crippen molar-refractivity contribution in [2.24, 2.45) is 35.5 Å². The summed E-state index contributed by atoms with van der Waals surface area (Å²) in [6, 6.07) is 0. The fourth-order valence-electron chi connectivity index (χ4n) is 10.8. The smallest absolute Gasteiger partial charge is 0.305 e. The maximum absolute atomic E-state index is 12.8. The molecule has 4 aliphatic heterocycles. The number of methoxy groups -OCH3 is 1. The second kappa shape index (κ2) is 26.4. The number of aliphatic hydroxyl groups excluding tert-OH is 1. The molecule has 4 aliphatic rings. The first-order valence-electron chi connectivity index (χ1n) is 28.9. The average molecular weight is 1090 g/mol. The molecule has 4 rings (SSSR count). The number of hydrogen-bond donors (Lipinski definition) is 1. The summed E-state index contributed by atoms with van der Waals surface area (Å²) in [5.74, 6) is 1.15. The SMILES string of the molecule is C=CC[C@@H]1O[C@@H]([C@H](/C=C/C(O)CC[C@H]2CC(=C)C(CC[C@H]3C[C@@H](C)C(=C)C(C[C@@H]4O[C@H](C[C@H](C)CO[Si](C)(C)C(C)(C)C)[C@H](C)[C@H]4CC(=O)OC)O3)O2)O[Si](C)(C)C(C)(C)C)[C@@H](O[Si](C)(C)C(C)(C)C)[C@@H](C)[C@H]1C. The number of hydrogen-bond acceptors (Lipinski definition) is 10. The molecule has 0 aromatic heterocycles. The molecule has 1 N–H and O–H groups in total. The molecule has 0 aliphatic carbocycles. The molecule has 0 radical (unpaired) electrons. The Morgan fingerprint density at radius 2 is 1.36 bits per heavy atom. The molecular weight excluding hydrogens is 977 g/mol. The van der Waals surface area contributed by atoms with Gasteiger partial charge in [0, 0.05) is 18.9 Å². The van der Waals surface area contributed by atoms with Crippen molar-refractivity contribution in [3.8, 4) is 0 Å². The summed E-state index contributed by atoms with van der Waals surface area (Å²) in [7, 11) is -4.90. The van der Waals surface area contributed by atoms with Gasteiger partial charge in [0.1, 0.15) is 6.10 Å². The van der Waals surface area contributed by atoms with Crippen LogP contribution in [0.4, 0.5) is 0 Å². The summed E-state index contributed by atoms with van der Waals surface area (Å²) in [6.07, 6.45) is 11.4. The Labute approximate surface area is 456 Å². The average Bonchev–Trinajstić information content (AvgIpc) is 3.78. The van der Waals surface area contributed by atoms with Crippen LogP contribution in [0.25, 0.3) is 0 Å². The zero-order valence-corrected chi connectivity index (χ0v) is 54.1.